The Morgan fingerprint density at radius 1 is 1.19 bits per heavy atom. The van der Waals surface area contributed by atoms with E-state index in [1.165, 1.54) is 18.4 Å². The Bertz CT molecular complexity index is 479. The first kappa shape index (κ1) is 16.9. The summed E-state index contributed by atoms with van der Waals surface area (Å²) in [5.41, 5.74) is 1.28. The summed E-state index contributed by atoms with van der Waals surface area (Å²) in [5.74, 6) is 1.72. The summed E-state index contributed by atoms with van der Waals surface area (Å²) in [6.07, 6.45) is 2.44. The lowest BCUT2D eigenvalue weighted by Crippen LogP contribution is -2.40. The zero-order valence-electron chi connectivity index (χ0n) is 12.2. The molecule has 1 aromatic rings. The summed E-state index contributed by atoms with van der Waals surface area (Å²) in [5, 5.41) is 3.37. The lowest BCUT2D eigenvalue weighted by atomic mass is 10.0. The molecule has 0 bridgehead atoms. The smallest absolute Gasteiger partial charge is 0.162 e. The van der Waals surface area contributed by atoms with Crippen molar-refractivity contribution in [3.8, 4) is 11.5 Å². The van der Waals surface area contributed by atoms with Crippen molar-refractivity contribution in [1.29, 1.82) is 0 Å². The fourth-order valence-corrected chi connectivity index (χ4v) is 3.30. The molecule has 0 amide bonds. The fraction of sp³-hybridized carbons (Fsp3) is 0.600. The normalized spacial score (nSPS) is 19.1. The van der Waals surface area contributed by atoms with Crippen LogP contribution in [0.3, 0.4) is 0 Å². The van der Waals surface area contributed by atoms with Crippen LogP contribution >= 0.6 is 28.3 Å². The monoisotopic (exact) mass is 376 g/mol. The van der Waals surface area contributed by atoms with E-state index in [0.717, 1.165) is 35.6 Å². The van der Waals surface area contributed by atoms with Crippen LogP contribution < -0.4 is 14.8 Å². The minimum Gasteiger partial charge on any atom is -0.486 e. The molecule has 0 aliphatic carbocycles. The molecular formula is C15H22BrClN2O2. The van der Waals surface area contributed by atoms with E-state index in [4.69, 9.17) is 9.47 Å². The molecule has 1 aromatic carbocycles. The predicted octanol–water partition coefficient (Wildman–Crippen LogP) is 2.83. The average molecular weight is 378 g/mol. The molecular weight excluding hydrogens is 356 g/mol. The van der Waals surface area contributed by atoms with Crippen molar-refractivity contribution in [2.24, 2.45) is 0 Å². The number of hydrogen-bond donors (Lipinski definition) is 1. The van der Waals surface area contributed by atoms with Gasteiger partial charge in [0.25, 0.3) is 0 Å². The molecule has 0 unspecified atom stereocenters. The van der Waals surface area contributed by atoms with Crippen LogP contribution in [0.5, 0.6) is 11.5 Å². The Hall–Kier alpha value is -0.490. The van der Waals surface area contributed by atoms with Crippen LogP contribution in [0.25, 0.3) is 0 Å². The van der Waals surface area contributed by atoms with E-state index in [1.807, 2.05) is 6.07 Å². The molecule has 1 saturated heterocycles. The zero-order valence-corrected chi connectivity index (χ0v) is 14.6. The molecule has 2 aliphatic rings. The molecule has 0 aromatic heterocycles. The predicted molar refractivity (Wildman–Crippen MR) is 89.7 cm³/mol. The molecule has 0 spiro atoms. The van der Waals surface area contributed by atoms with Crippen molar-refractivity contribution in [2.45, 2.75) is 25.4 Å². The summed E-state index contributed by atoms with van der Waals surface area (Å²) in [4.78, 5) is 2.50. The second-order valence-corrected chi connectivity index (χ2v) is 6.28. The Balaban J connectivity index is 0.00000161. The van der Waals surface area contributed by atoms with E-state index < -0.39 is 0 Å². The van der Waals surface area contributed by atoms with Gasteiger partial charge in [-0.3, -0.25) is 4.90 Å². The van der Waals surface area contributed by atoms with Crippen LogP contribution in [0.2, 0.25) is 0 Å². The highest BCUT2D eigenvalue weighted by Crippen LogP contribution is 2.36. The van der Waals surface area contributed by atoms with Gasteiger partial charge in [0.15, 0.2) is 11.5 Å². The average Bonchev–Trinajstić information content (AvgIpc) is 2.49. The van der Waals surface area contributed by atoms with Gasteiger partial charge in [-0.1, -0.05) is 15.9 Å². The number of ether oxygens (including phenoxy) is 2. The number of hydrogen-bond acceptors (Lipinski definition) is 4. The Morgan fingerprint density at radius 2 is 1.81 bits per heavy atom. The molecule has 3 rings (SSSR count). The Kier molecular flexibility index (Phi) is 6.17. The van der Waals surface area contributed by atoms with Crippen molar-refractivity contribution in [3.63, 3.8) is 0 Å². The van der Waals surface area contributed by atoms with Gasteiger partial charge in [-0.2, -0.15) is 0 Å². The summed E-state index contributed by atoms with van der Waals surface area (Å²) in [7, 11) is 2.05. The van der Waals surface area contributed by atoms with Crippen molar-refractivity contribution in [2.75, 3.05) is 33.4 Å². The number of rotatable bonds is 3. The first-order valence-electron chi connectivity index (χ1n) is 7.24. The number of nitrogens with zero attached hydrogens (tertiary/aromatic N) is 1. The molecule has 118 valence electrons. The Morgan fingerprint density at radius 3 is 2.43 bits per heavy atom. The quantitative estimate of drug-likeness (QED) is 0.878. The van der Waals surface area contributed by atoms with Crippen LogP contribution in [0, 0.1) is 0 Å². The number of piperidine rings is 1. The van der Waals surface area contributed by atoms with Gasteiger partial charge in [-0.15, -0.1) is 12.4 Å². The molecule has 1 fully saturated rings. The van der Waals surface area contributed by atoms with Gasteiger partial charge in [-0.05, 0) is 50.7 Å². The summed E-state index contributed by atoms with van der Waals surface area (Å²) < 4.78 is 12.4. The third kappa shape index (κ3) is 4.03. The van der Waals surface area contributed by atoms with Gasteiger partial charge < -0.3 is 14.8 Å². The van der Waals surface area contributed by atoms with Crippen LogP contribution in [0.4, 0.5) is 0 Å². The van der Waals surface area contributed by atoms with Gasteiger partial charge in [0, 0.05) is 17.1 Å². The minimum absolute atomic E-state index is 0. The third-order valence-electron chi connectivity index (χ3n) is 4.10. The van der Waals surface area contributed by atoms with Crippen molar-refractivity contribution in [3.05, 3.63) is 22.2 Å². The lowest BCUT2D eigenvalue weighted by molar-refractivity contribution is 0.169. The van der Waals surface area contributed by atoms with Gasteiger partial charge in [0.05, 0.1) is 0 Å². The highest BCUT2D eigenvalue weighted by molar-refractivity contribution is 9.10. The number of likely N-dealkylation sites (tertiary alicyclic amines) is 1. The molecule has 4 nitrogen and oxygen atoms in total. The number of benzene rings is 1. The van der Waals surface area contributed by atoms with Gasteiger partial charge in [0.1, 0.15) is 13.2 Å². The first-order valence-corrected chi connectivity index (χ1v) is 8.03. The highest BCUT2D eigenvalue weighted by Gasteiger charge is 2.20. The SMILES string of the molecule is CNC1CCN(Cc2cc3c(cc2Br)OCCO3)CC1.Cl. The van der Waals surface area contributed by atoms with E-state index >= 15 is 0 Å². The molecule has 0 radical (unpaired) electrons. The highest BCUT2D eigenvalue weighted by atomic mass is 79.9. The summed E-state index contributed by atoms with van der Waals surface area (Å²) in [6, 6.07) is 4.82. The molecule has 2 aliphatic heterocycles. The van der Waals surface area contributed by atoms with Gasteiger partial charge in [-0.25, -0.2) is 0 Å². The number of fused-ring (bicyclic) bond motifs is 1. The third-order valence-corrected chi connectivity index (χ3v) is 4.84. The number of nitrogens with one attached hydrogen (secondary N) is 1. The maximum absolute atomic E-state index is 5.67. The summed E-state index contributed by atoms with van der Waals surface area (Å²) >= 11 is 3.65. The van der Waals surface area contributed by atoms with Crippen LogP contribution in [-0.4, -0.2) is 44.3 Å². The molecule has 21 heavy (non-hydrogen) atoms. The first-order chi connectivity index (χ1) is 9.76. The van der Waals surface area contributed by atoms with E-state index in [2.05, 4.69) is 39.3 Å². The van der Waals surface area contributed by atoms with Crippen LogP contribution in [-0.2, 0) is 6.54 Å². The molecule has 2 heterocycles. The molecule has 1 N–H and O–H groups in total. The second kappa shape index (κ2) is 7.68. The standard InChI is InChI=1S/C15H21BrN2O2.ClH/c1-17-12-2-4-18(5-3-12)10-11-8-14-15(9-13(11)16)20-7-6-19-14;/h8-9,12,17H,2-7,10H2,1H3;1H. The minimum atomic E-state index is 0. The molecule has 0 saturated carbocycles. The largest absolute Gasteiger partial charge is 0.486 e. The van der Waals surface area contributed by atoms with Crippen molar-refractivity contribution >= 4 is 28.3 Å². The molecule has 0 atom stereocenters. The van der Waals surface area contributed by atoms with Gasteiger partial charge in [0.2, 0.25) is 0 Å². The van der Waals surface area contributed by atoms with E-state index in [1.54, 1.807) is 0 Å². The van der Waals surface area contributed by atoms with Crippen LogP contribution in [0.15, 0.2) is 16.6 Å². The van der Waals surface area contributed by atoms with E-state index in [-0.39, 0.29) is 12.4 Å². The maximum Gasteiger partial charge on any atom is 0.162 e. The maximum atomic E-state index is 5.67. The van der Waals surface area contributed by atoms with Crippen LogP contribution in [0.1, 0.15) is 18.4 Å². The van der Waals surface area contributed by atoms with E-state index in [9.17, 15) is 0 Å². The number of halogens is 2. The van der Waals surface area contributed by atoms with Gasteiger partial charge >= 0.3 is 0 Å². The Labute approximate surface area is 140 Å². The fourth-order valence-electron chi connectivity index (χ4n) is 2.85. The topological polar surface area (TPSA) is 33.7 Å². The zero-order chi connectivity index (χ0) is 13.9. The van der Waals surface area contributed by atoms with E-state index in [0.29, 0.717) is 19.3 Å². The van der Waals surface area contributed by atoms with Crippen molar-refractivity contribution < 1.29 is 9.47 Å². The van der Waals surface area contributed by atoms with Crippen molar-refractivity contribution in [1.82, 2.24) is 10.2 Å². The summed E-state index contributed by atoms with van der Waals surface area (Å²) in [6.45, 7) is 4.53. The lowest BCUT2D eigenvalue weighted by Gasteiger charge is -2.32. The molecule has 6 heteroatoms. The second-order valence-electron chi connectivity index (χ2n) is 5.43.